The quantitative estimate of drug-likeness (QED) is 0.502. The van der Waals surface area contributed by atoms with E-state index in [1.807, 2.05) is 42.5 Å². The van der Waals surface area contributed by atoms with Gasteiger partial charge in [-0.1, -0.05) is 30.3 Å². The number of ether oxygens (including phenoxy) is 3. The number of fused-ring (bicyclic) bond motifs is 1. The summed E-state index contributed by atoms with van der Waals surface area (Å²) in [6.45, 7) is 0. The lowest BCUT2D eigenvalue weighted by molar-refractivity contribution is 0.0593. The number of hydrogen-bond acceptors (Lipinski definition) is 6. The molecule has 152 valence electrons. The molecular formula is C23H20N2O5. The van der Waals surface area contributed by atoms with Gasteiger partial charge in [0.15, 0.2) is 5.69 Å². The number of aromatic nitrogens is 2. The first-order valence-corrected chi connectivity index (χ1v) is 9.20. The highest BCUT2D eigenvalue weighted by atomic mass is 16.5. The average Bonchev–Trinajstić information content (AvgIpc) is 3.23. The van der Waals surface area contributed by atoms with Crippen molar-refractivity contribution in [3.8, 4) is 34.2 Å². The fourth-order valence-electron chi connectivity index (χ4n) is 3.50. The van der Waals surface area contributed by atoms with Gasteiger partial charge in [0.1, 0.15) is 17.2 Å². The van der Waals surface area contributed by atoms with Gasteiger partial charge in [-0.05, 0) is 30.3 Å². The van der Waals surface area contributed by atoms with Crippen molar-refractivity contribution in [2.75, 3.05) is 21.3 Å². The largest absolute Gasteiger partial charge is 0.507 e. The van der Waals surface area contributed by atoms with Gasteiger partial charge in [0, 0.05) is 10.8 Å². The van der Waals surface area contributed by atoms with Gasteiger partial charge in [-0.2, -0.15) is 5.10 Å². The van der Waals surface area contributed by atoms with Crippen molar-refractivity contribution in [1.82, 2.24) is 9.78 Å². The molecule has 0 aliphatic heterocycles. The molecule has 0 atom stereocenters. The van der Waals surface area contributed by atoms with E-state index in [0.717, 1.165) is 5.39 Å². The summed E-state index contributed by atoms with van der Waals surface area (Å²) in [5, 5.41) is 16.2. The van der Waals surface area contributed by atoms with Gasteiger partial charge < -0.3 is 19.3 Å². The number of esters is 1. The van der Waals surface area contributed by atoms with E-state index in [0.29, 0.717) is 33.8 Å². The van der Waals surface area contributed by atoms with Crippen LogP contribution in [0.1, 0.15) is 10.5 Å². The number of aromatic hydroxyl groups is 1. The Kier molecular flexibility index (Phi) is 5.02. The molecule has 1 aromatic heterocycles. The molecule has 7 nitrogen and oxygen atoms in total. The summed E-state index contributed by atoms with van der Waals surface area (Å²) in [6, 6.07) is 17.8. The van der Waals surface area contributed by atoms with Crippen LogP contribution < -0.4 is 9.47 Å². The molecule has 0 aliphatic carbocycles. The summed E-state index contributed by atoms with van der Waals surface area (Å²) in [5.74, 6) is 0.725. The molecule has 0 saturated carbocycles. The predicted octanol–water partition coefficient (Wildman–Crippen LogP) is 4.20. The molecule has 0 saturated heterocycles. The number of hydrogen-bond donors (Lipinski definition) is 1. The fraction of sp³-hybridized carbons (Fsp3) is 0.130. The predicted molar refractivity (Wildman–Crippen MR) is 113 cm³/mol. The SMILES string of the molecule is COC(=O)c1cc(-c2c(OC)cccc2OC)n(-c2ccc(O)c3ccccc23)n1. The van der Waals surface area contributed by atoms with Gasteiger partial charge >= 0.3 is 5.97 Å². The molecule has 1 N–H and O–H groups in total. The van der Waals surface area contributed by atoms with Crippen LogP contribution in [0, 0.1) is 0 Å². The Morgan fingerprint density at radius 2 is 1.57 bits per heavy atom. The van der Waals surface area contributed by atoms with Crippen molar-refractivity contribution in [3.05, 3.63) is 66.4 Å². The molecule has 7 heteroatoms. The van der Waals surface area contributed by atoms with Gasteiger partial charge in [-0.25, -0.2) is 9.48 Å². The Hall–Kier alpha value is -4.00. The Labute approximate surface area is 173 Å². The van der Waals surface area contributed by atoms with E-state index in [4.69, 9.17) is 14.2 Å². The Morgan fingerprint density at radius 1 is 0.900 bits per heavy atom. The van der Waals surface area contributed by atoms with Crippen LogP contribution in [0.5, 0.6) is 17.2 Å². The number of carbonyl (C=O) groups excluding carboxylic acids is 1. The van der Waals surface area contributed by atoms with E-state index in [1.54, 1.807) is 37.1 Å². The third-order valence-electron chi connectivity index (χ3n) is 4.89. The number of phenolic OH excluding ortho intramolecular Hbond substituents is 1. The number of rotatable bonds is 5. The molecular weight excluding hydrogens is 384 g/mol. The molecule has 0 amide bonds. The van der Waals surface area contributed by atoms with Crippen molar-refractivity contribution in [3.63, 3.8) is 0 Å². The minimum atomic E-state index is -0.563. The standard InChI is InChI=1S/C23H20N2O5/c1-28-20-9-6-10-21(29-2)22(20)18-13-16(23(27)30-3)24-25(18)17-11-12-19(26)15-8-5-4-7-14(15)17/h4-13,26H,1-3H3. The zero-order chi connectivity index (χ0) is 21.3. The summed E-state index contributed by atoms with van der Waals surface area (Å²) in [5.41, 5.74) is 2.04. The number of phenols is 1. The Morgan fingerprint density at radius 3 is 2.20 bits per heavy atom. The molecule has 0 spiro atoms. The highest BCUT2D eigenvalue weighted by Gasteiger charge is 2.23. The summed E-state index contributed by atoms with van der Waals surface area (Å²) < 4.78 is 17.6. The lowest BCUT2D eigenvalue weighted by Crippen LogP contribution is -2.05. The number of benzene rings is 3. The minimum Gasteiger partial charge on any atom is -0.507 e. The first-order chi connectivity index (χ1) is 14.6. The van der Waals surface area contributed by atoms with Crippen LogP contribution in [-0.4, -0.2) is 42.2 Å². The second-order valence-corrected chi connectivity index (χ2v) is 6.51. The van der Waals surface area contributed by atoms with Crippen molar-refractivity contribution in [2.45, 2.75) is 0 Å². The summed E-state index contributed by atoms with van der Waals surface area (Å²) in [7, 11) is 4.44. The molecule has 0 radical (unpaired) electrons. The molecule has 30 heavy (non-hydrogen) atoms. The van der Waals surface area contributed by atoms with Crippen LogP contribution in [0.25, 0.3) is 27.7 Å². The summed E-state index contributed by atoms with van der Waals surface area (Å²) >= 11 is 0. The average molecular weight is 404 g/mol. The fourth-order valence-corrected chi connectivity index (χ4v) is 3.50. The second-order valence-electron chi connectivity index (χ2n) is 6.51. The summed E-state index contributed by atoms with van der Waals surface area (Å²) in [6.07, 6.45) is 0. The number of methoxy groups -OCH3 is 3. The van der Waals surface area contributed by atoms with Crippen molar-refractivity contribution < 1.29 is 24.1 Å². The van der Waals surface area contributed by atoms with E-state index in [9.17, 15) is 9.90 Å². The topological polar surface area (TPSA) is 82.8 Å². The number of carbonyl (C=O) groups is 1. The Bertz CT molecular complexity index is 1220. The zero-order valence-electron chi connectivity index (χ0n) is 16.7. The van der Waals surface area contributed by atoms with E-state index in [1.165, 1.54) is 7.11 Å². The zero-order valence-corrected chi connectivity index (χ0v) is 16.7. The maximum absolute atomic E-state index is 12.3. The smallest absolute Gasteiger partial charge is 0.358 e. The van der Waals surface area contributed by atoms with Crippen LogP contribution in [-0.2, 0) is 4.74 Å². The molecule has 3 aromatic carbocycles. The normalized spacial score (nSPS) is 10.8. The first-order valence-electron chi connectivity index (χ1n) is 9.20. The lowest BCUT2D eigenvalue weighted by Gasteiger charge is -2.16. The maximum Gasteiger partial charge on any atom is 0.358 e. The second kappa shape index (κ2) is 7.79. The molecule has 4 aromatic rings. The minimum absolute atomic E-state index is 0.137. The van der Waals surface area contributed by atoms with Gasteiger partial charge in [-0.3, -0.25) is 0 Å². The van der Waals surface area contributed by atoms with E-state index in [2.05, 4.69) is 5.10 Å². The highest BCUT2D eigenvalue weighted by Crippen LogP contribution is 2.41. The lowest BCUT2D eigenvalue weighted by atomic mass is 10.1. The van der Waals surface area contributed by atoms with Gasteiger partial charge in [-0.15, -0.1) is 0 Å². The van der Waals surface area contributed by atoms with Crippen molar-refractivity contribution >= 4 is 16.7 Å². The molecule has 1 heterocycles. The third-order valence-corrected chi connectivity index (χ3v) is 4.89. The molecule has 0 unspecified atom stereocenters. The number of nitrogens with zero attached hydrogens (tertiary/aromatic N) is 2. The van der Waals surface area contributed by atoms with Gasteiger partial charge in [0.25, 0.3) is 0 Å². The van der Waals surface area contributed by atoms with Crippen molar-refractivity contribution in [2.24, 2.45) is 0 Å². The third kappa shape index (κ3) is 3.10. The molecule has 0 aliphatic rings. The Balaban J connectivity index is 2.08. The van der Waals surface area contributed by atoms with E-state index >= 15 is 0 Å². The highest BCUT2D eigenvalue weighted by molar-refractivity contribution is 5.96. The van der Waals surface area contributed by atoms with Crippen LogP contribution >= 0.6 is 0 Å². The van der Waals surface area contributed by atoms with E-state index in [-0.39, 0.29) is 11.4 Å². The van der Waals surface area contributed by atoms with Gasteiger partial charge in [0.2, 0.25) is 0 Å². The molecule has 0 fully saturated rings. The maximum atomic E-state index is 12.3. The molecule has 4 rings (SSSR count). The monoisotopic (exact) mass is 404 g/mol. The van der Waals surface area contributed by atoms with Crippen LogP contribution in [0.15, 0.2) is 60.7 Å². The first kappa shape index (κ1) is 19.3. The molecule has 0 bridgehead atoms. The van der Waals surface area contributed by atoms with Crippen LogP contribution in [0.3, 0.4) is 0 Å². The van der Waals surface area contributed by atoms with Crippen LogP contribution in [0.4, 0.5) is 0 Å². The van der Waals surface area contributed by atoms with E-state index < -0.39 is 5.97 Å². The van der Waals surface area contributed by atoms with Gasteiger partial charge in [0.05, 0.1) is 38.3 Å². The van der Waals surface area contributed by atoms with Crippen LogP contribution in [0.2, 0.25) is 0 Å². The van der Waals surface area contributed by atoms with Crippen molar-refractivity contribution in [1.29, 1.82) is 0 Å². The summed E-state index contributed by atoms with van der Waals surface area (Å²) in [4.78, 5) is 12.3.